The van der Waals surface area contributed by atoms with Crippen molar-refractivity contribution in [2.24, 2.45) is 0 Å². The Kier molecular flexibility index (Phi) is 6.12. The summed E-state index contributed by atoms with van der Waals surface area (Å²) in [6, 6.07) is 6.64. The Balaban J connectivity index is 2.33. The molecular weight excluding hydrogens is 275 g/mol. The van der Waals surface area contributed by atoms with Crippen molar-refractivity contribution in [1.29, 1.82) is 5.26 Å². The predicted molar refractivity (Wildman–Crippen MR) is 64.7 cm³/mol. The number of hydrogen-bond acceptors (Lipinski definition) is 4. The molecule has 0 saturated heterocycles. The van der Waals surface area contributed by atoms with Gasteiger partial charge in [-0.15, -0.1) is 0 Å². The Morgan fingerprint density at radius 1 is 1.15 bits per heavy atom. The van der Waals surface area contributed by atoms with Crippen LogP contribution < -0.4 is 9.47 Å². The smallest absolute Gasteiger partial charge is 0.411 e. The van der Waals surface area contributed by atoms with E-state index in [1.54, 1.807) is 12.1 Å². The fourth-order valence-corrected chi connectivity index (χ4v) is 1.38. The van der Waals surface area contributed by atoms with Gasteiger partial charge >= 0.3 is 6.18 Å². The summed E-state index contributed by atoms with van der Waals surface area (Å²) in [5.74, 6) is 0.907. The highest BCUT2D eigenvalue weighted by Gasteiger charge is 2.27. The van der Waals surface area contributed by atoms with Crippen LogP contribution in [0.25, 0.3) is 0 Å². The summed E-state index contributed by atoms with van der Waals surface area (Å²) in [6.45, 7) is -1.12. The van der Waals surface area contributed by atoms with Crippen LogP contribution in [0.1, 0.15) is 12.0 Å². The maximum atomic E-state index is 11.8. The number of benzene rings is 1. The first kappa shape index (κ1) is 16.1. The average Bonchev–Trinajstić information content (AvgIpc) is 2.41. The van der Waals surface area contributed by atoms with Gasteiger partial charge in [0, 0.05) is 12.5 Å². The highest BCUT2D eigenvalue weighted by molar-refractivity contribution is 5.43. The van der Waals surface area contributed by atoms with E-state index in [-0.39, 0.29) is 13.2 Å². The molecule has 0 N–H and O–H groups in total. The lowest BCUT2D eigenvalue weighted by molar-refractivity contribution is -0.174. The maximum Gasteiger partial charge on any atom is 0.411 e. The minimum Gasteiger partial charge on any atom is -0.497 e. The van der Waals surface area contributed by atoms with Crippen LogP contribution in [0, 0.1) is 11.3 Å². The number of hydrogen-bond donors (Lipinski definition) is 0. The molecule has 0 aliphatic heterocycles. The molecule has 4 nitrogen and oxygen atoms in total. The molecule has 0 aliphatic carbocycles. The Morgan fingerprint density at radius 3 is 2.45 bits per heavy atom. The zero-order valence-corrected chi connectivity index (χ0v) is 10.9. The van der Waals surface area contributed by atoms with E-state index in [2.05, 4.69) is 4.74 Å². The van der Waals surface area contributed by atoms with Gasteiger partial charge in [-0.3, -0.25) is 0 Å². The molecule has 110 valence electrons. The third-order valence-corrected chi connectivity index (χ3v) is 2.21. The van der Waals surface area contributed by atoms with Crippen molar-refractivity contribution in [1.82, 2.24) is 0 Å². The summed E-state index contributed by atoms with van der Waals surface area (Å²) < 4.78 is 50.2. The second-order valence-electron chi connectivity index (χ2n) is 3.88. The normalized spacial score (nSPS) is 10.9. The lowest BCUT2D eigenvalue weighted by atomic mass is 10.2. The van der Waals surface area contributed by atoms with Crippen LogP contribution in [0.5, 0.6) is 11.5 Å². The van der Waals surface area contributed by atoms with Crippen molar-refractivity contribution in [3.8, 4) is 17.6 Å². The van der Waals surface area contributed by atoms with Crippen molar-refractivity contribution < 1.29 is 27.4 Å². The van der Waals surface area contributed by atoms with Gasteiger partial charge in [-0.05, 0) is 12.1 Å². The van der Waals surface area contributed by atoms with Crippen LogP contribution in [0.15, 0.2) is 18.2 Å². The molecule has 1 aromatic rings. The molecule has 0 aliphatic rings. The van der Waals surface area contributed by atoms with Gasteiger partial charge in [-0.1, -0.05) is 0 Å². The molecule has 0 aromatic heterocycles. The predicted octanol–water partition coefficient (Wildman–Crippen LogP) is 2.91. The first-order chi connectivity index (χ1) is 9.44. The SMILES string of the molecule is COc1cc(C#N)cc(OCCCOCC(F)(F)F)c1. The Bertz CT molecular complexity index is 469. The summed E-state index contributed by atoms with van der Waals surface area (Å²) in [4.78, 5) is 0. The monoisotopic (exact) mass is 289 g/mol. The number of halogens is 3. The van der Waals surface area contributed by atoms with Crippen molar-refractivity contribution >= 4 is 0 Å². The van der Waals surface area contributed by atoms with Gasteiger partial charge < -0.3 is 14.2 Å². The Hall–Kier alpha value is -1.94. The highest BCUT2D eigenvalue weighted by Crippen LogP contribution is 2.22. The minimum atomic E-state index is -4.31. The average molecular weight is 289 g/mol. The first-order valence-corrected chi connectivity index (χ1v) is 5.81. The molecule has 0 heterocycles. The first-order valence-electron chi connectivity index (χ1n) is 5.81. The van der Waals surface area contributed by atoms with E-state index in [1.165, 1.54) is 13.2 Å². The van der Waals surface area contributed by atoms with Crippen LogP contribution >= 0.6 is 0 Å². The lowest BCUT2D eigenvalue weighted by Crippen LogP contribution is -2.18. The van der Waals surface area contributed by atoms with Crippen LogP contribution in [0.2, 0.25) is 0 Å². The lowest BCUT2D eigenvalue weighted by Gasteiger charge is -2.10. The summed E-state index contributed by atoms with van der Waals surface area (Å²) >= 11 is 0. The fraction of sp³-hybridized carbons (Fsp3) is 0.462. The zero-order chi connectivity index (χ0) is 15.0. The number of nitriles is 1. The standard InChI is InChI=1S/C13H14F3NO3/c1-18-11-5-10(8-17)6-12(7-11)20-4-2-3-19-9-13(14,15)16/h5-7H,2-4,9H2,1H3. The molecule has 0 spiro atoms. The van der Waals surface area contributed by atoms with Gasteiger partial charge in [0.2, 0.25) is 0 Å². The fourth-order valence-electron chi connectivity index (χ4n) is 1.38. The molecule has 0 bridgehead atoms. The van der Waals surface area contributed by atoms with Crippen LogP contribution in [-0.4, -0.2) is 33.1 Å². The number of alkyl halides is 3. The third kappa shape index (κ3) is 6.29. The molecule has 0 radical (unpaired) electrons. The molecule has 7 heteroatoms. The topological polar surface area (TPSA) is 51.5 Å². The number of nitrogens with zero attached hydrogens (tertiary/aromatic N) is 1. The van der Waals surface area contributed by atoms with Crippen molar-refractivity contribution in [3.05, 3.63) is 23.8 Å². The van der Waals surface area contributed by atoms with Gasteiger partial charge in [0.1, 0.15) is 18.1 Å². The van der Waals surface area contributed by atoms with E-state index in [9.17, 15) is 13.2 Å². The molecular formula is C13H14F3NO3. The molecule has 0 fully saturated rings. The van der Waals surface area contributed by atoms with Crippen LogP contribution in [-0.2, 0) is 4.74 Å². The van der Waals surface area contributed by atoms with E-state index in [1.807, 2.05) is 6.07 Å². The molecule has 0 unspecified atom stereocenters. The molecule has 0 amide bonds. The Labute approximate surface area is 114 Å². The number of ether oxygens (including phenoxy) is 3. The van der Waals surface area contributed by atoms with Gasteiger partial charge in [0.15, 0.2) is 0 Å². The van der Waals surface area contributed by atoms with Crippen molar-refractivity contribution in [2.45, 2.75) is 12.6 Å². The van der Waals surface area contributed by atoms with E-state index in [0.717, 1.165) is 0 Å². The van der Waals surface area contributed by atoms with E-state index < -0.39 is 12.8 Å². The summed E-state index contributed by atoms with van der Waals surface area (Å²) in [6.07, 6.45) is -4.00. The summed E-state index contributed by atoms with van der Waals surface area (Å²) in [5.41, 5.74) is 0.382. The van der Waals surface area contributed by atoms with Crippen LogP contribution in [0.3, 0.4) is 0 Å². The largest absolute Gasteiger partial charge is 0.497 e. The summed E-state index contributed by atoms with van der Waals surface area (Å²) in [7, 11) is 1.46. The molecule has 0 atom stereocenters. The molecule has 0 saturated carbocycles. The van der Waals surface area contributed by atoms with E-state index in [4.69, 9.17) is 14.7 Å². The van der Waals surface area contributed by atoms with Crippen molar-refractivity contribution in [2.75, 3.05) is 26.9 Å². The summed E-state index contributed by atoms with van der Waals surface area (Å²) in [5, 5.41) is 8.81. The number of methoxy groups -OCH3 is 1. The van der Waals surface area contributed by atoms with Gasteiger partial charge in [0.05, 0.1) is 32.0 Å². The van der Waals surface area contributed by atoms with E-state index in [0.29, 0.717) is 23.5 Å². The van der Waals surface area contributed by atoms with Gasteiger partial charge in [0.25, 0.3) is 0 Å². The van der Waals surface area contributed by atoms with Crippen LogP contribution in [0.4, 0.5) is 13.2 Å². The van der Waals surface area contributed by atoms with Gasteiger partial charge in [-0.2, -0.15) is 18.4 Å². The second-order valence-corrected chi connectivity index (χ2v) is 3.88. The zero-order valence-electron chi connectivity index (χ0n) is 10.9. The molecule has 1 aromatic carbocycles. The minimum absolute atomic E-state index is 0.0470. The highest BCUT2D eigenvalue weighted by atomic mass is 19.4. The molecule has 20 heavy (non-hydrogen) atoms. The molecule has 1 rings (SSSR count). The van der Waals surface area contributed by atoms with E-state index >= 15 is 0 Å². The maximum absolute atomic E-state index is 11.8. The third-order valence-electron chi connectivity index (χ3n) is 2.21. The number of rotatable bonds is 7. The quantitative estimate of drug-likeness (QED) is 0.724. The Morgan fingerprint density at radius 2 is 1.85 bits per heavy atom. The van der Waals surface area contributed by atoms with Crippen molar-refractivity contribution in [3.63, 3.8) is 0 Å². The van der Waals surface area contributed by atoms with Gasteiger partial charge in [-0.25, -0.2) is 0 Å². The second kappa shape index (κ2) is 7.60.